The van der Waals surface area contributed by atoms with Crippen LogP contribution in [0, 0.1) is 45.8 Å². The smallest absolute Gasteiger partial charge is 0.322 e. The fourth-order valence-corrected chi connectivity index (χ4v) is 6.24. The van der Waals surface area contributed by atoms with E-state index in [1.54, 1.807) is 6.07 Å². The predicted molar refractivity (Wildman–Crippen MR) is 164 cm³/mol. The zero-order valence-electron chi connectivity index (χ0n) is 27.6. The van der Waals surface area contributed by atoms with Crippen molar-refractivity contribution in [1.29, 1.82) is 5.26 Å². The fraction of sp³-hybridized carbons (Fsp3) is 0.647. The van der Waals surface area contributed by atoms with Crippen LogP contribution in [0.2, 0.25) is 0 Å². The lowest BCUT2D eigenvalue weighted by atomic mass is 9.59. The van der Waals surface area contributed by atoms with Gasteiger partial charge >= 0.3 is 11.9 Å². The van der Waals surface area contributed by atoms with E-state index in [1.165, 1.54) is 6.92 Å². The molecular formula is C34H48N4O5. The van der Waals surface area contributed by atoms with Crippen LogP contribution in [0.1, 0.15) is 111 Å². The van der Waals surface area contributed by atoms with Crippen LogP contribution in [0.3, 0.4) is 0 Å². The fourth-order valence-electron chi connectivity index (χ4n) is 6.24. The van der Waals surface area contributed by atoms with E-state index in [-0.39, 0.29) is 39.7 Å². The molecule has 1 aromatic carbocycles. The topological polar surface area (TPSA) is 135 Å². The van der Waals surface area contributed by atoms with Gasteiger partial charge in [-0.25, -0.2) is 4.98 Å². The minimum Gasteiger partial charge on any atom is -0.480 e. The van der Waals surface area contributed by atoms with Gasteiger partial charge in [0.25, 0.3) is 0 Å². The van der Waals surface area contributed by atoms with Crippen LogP contribution in [0.5, 0.6) is 0 Å². The number of rotatable bonds is 6. The molecule has 4 atom stereocenters. The summed E-state index contributed by atoms with van der Waals surface area (Å²) in [6.07, 6.45) is 1.17. The largest absolute Gasteiger partial charge is 0.480 e. The van der Waals surface area contributed by atoms with Crippen LogP contribution in [0.4, 0.5) is 0 Å². The molecular weight excluding hydrogens is 544 g/mol. The Bertz CT molecular complexity index is 1360. The maximum absolute atomic E-state index is 14.2. The quantitative estimate of drug-likeness (QED) is 0.359. The Morgan fingerprint density at radius 3 is 1.88 bits per heavy atom. The molecule has 1 aromatic heterocycles. The number of ether oxygens (including phenoxy) is 1. The Balaban J connectivity index is 2.15. The Morgan fingerprint density at radius 2 is 1.49 bits per heavy atom. The van der Waals surface area contributed by atoms with E-state index in [2.05, 4.69) is 79.3 Å². The van der Waals surface area contributed by atoms with Crippen molar-refractivity contribution in [2.45, 2.75) is 106 Å². The number of esters is 1. The molecule has 0 spiro atoms. The van der Waals surface area contributed by atoms with E-state index in [0.29, 0.717) is 11.5 Å². The van der Waals surface area contributed by atoms with E-state index >= 15 is 0 Å². The number of carboxylic acid groups (broad SMARTS) is 1. The molecule has 234 valence electrons. The second-order valence-corrected chi connectivity index (χ2v) is 15.4. The predicted octanol–water partition coefficient (Wildman–Crippen LogP) is 6.88. The minimum atomic E-state index is -1.84. The highest BCUT2D eigenvalue weighted by Gasteiger charge is 2.50. The molecule has 3 rings (SSSR count). The van der Waals surface area contributed by atoms with Gasteiger partial charge in [-0.2, -0.15) is 9.94 Å². The molecule has 0 radical (unpaired) electrons. The van der Waals surface area contributed by atoms with Crippen molar-refractivity contribution >= 4 is 17.8 Å². The number of carboxylic acids is 1. The molecule has 1 aliphatic rings. The van der Waals surface area contributed by atoms with Crippen molar-refractivity contribution in [3.63, 3.8) is 0 Å². The third-order valence-electron chi connectivity index (χ3n) is 8.79. The molecule has 1 fully saturated rings. The molecule has 43 heavy (non-hydrogen) atoms. The van der Waals surface area contributed by atoms with Crippen LogP contribution < -0.4 is 0 Å². The van der Waals surface area contributed by atoms with Crippen LogP contribution in [0.25, 0.3) is 11.4 Å². The highest BCUT2D eigenvalue weighted by Crippen LogP contribution is 2.50. The van der Waals surface area contributed by atoms with Gasteiger partial charge in [-0.05, 0) is 40.6 Å². The summed E-state index contributed by atoms with van der Waals surface area (Å²) in [7, 11) is 0. The number of nitrogens with zero attached hydrogens (tertiary/aromatic N) is 4. The van der Waals surface area contributed by atoms with Gasteiger partial charge in [-0.3, -0.25) is 14.4 Å². The second-order valence-electron chi connectivity index (χ2n) is 15.4. The number of benzene rings is 1. The number of hydrogen-bond donors (Lipinski definition) is 1. The van der Waals surface area contributed by atoms with Crippen LogP contribution >= 0.6 is 0 Å². The van der Waals surface area contributed by atoms with Crippen LogP contribution in [-0.2, 0) is 19.7 Å². The Morgan fingerprint density at radius 1 is 0.977 bits per heavy atom. The lowest BCUT2D eigenvalue weighted by molar-refractivity contribution is -0.174. The van der Waals surface area contributed by atoms with Crippen LogP contribution in [-0.4, -0.2) is 43.8 Å². The molecule has 1 aliphatic carbocycles. The molecule has 0 amide bonds. The number of carbonyl (C=O) groups is 3. The SMILES string of the molecule is CC(=O)n1nc(-c2ccc(C(C)(C)C)cc2)nc1C(C(=O)OC1C(C(C)(C)C)CC(C)CC1C(C)(C)C)C(C#N)C(=O)O. The molecule has 4 unspecified atom stereocenters. The van der Waals surface area contributed by atoms with E-state index in [9.17, 15) is 24.8 Å². The average molecular weight is 593 g/mol. The van der Waals surface area contributed by atoms with Gasteiger partial charge in [0, 0.05) is 24.3 Å². The summed E-state index contributed by atoms with van der Waals surface area (Å²) in [6.45, 7) is 22.4. The summed E-state index contributed by atoms with van der Waals surface area (Å²) in [5.41, 5.74) is 1.19. The summed E-state index contributed by atoms with van der Waals surface area (Å²) in [4.78, 5) is 43.8. The van der Waals surface area contributed by atoms with E-state index in [0.717, 1.165) is 23.1 Å². The van der Waals surface area contributed by atoms with E-state index < -0.39 is 35.8 Å². The number of carbonyl (C=O) groups excluding carboxylic acids is 2. The Labute approximate surface area is 256 Å². The standard InChI is InChI=1S/C34H48N4O5/c1-19-16-24(33(6,7)8)27(25(17-19)34(9,10)11)43-31(42)26(23(18-35)30(40)41)29-36-28(37-38(29)20(2)39)21-12-14-22(15-13-21)32(3,4)5/h12-15,19,23-27H,16-17H2,1-11H3,(H,40,41). The summed E-state index contributed by atoms with van der Waals surface area (Å²) in [5, 5.41) is 24.4. The summed E-state index contributed by atoms with van der Waals surface area (Å²) in [5.74, 6) is -6.11. The normalized spacial score (nSPS) is 22.7. The zero-order chi connectivity index (χ0) is 32.7. The van der Waals surface area contributed by atoms with Crippen molar-refractivity contribution in [1.82, 2.24) is 14.8 Å². The van der Waals surface area contributed by atoms with Gasteiger partial charge in [0.05, 0.1) is 6.07 Å². The number of aliphatic carboxylic acids is 1. The maximum atomic E-state index is 14.2. The van der Waals surface area contributed by atoms with Crippen molar-refractivity contribution in [3.8, 4) is 17.5 Å². The van der Waals surface area contributed by atoms with Crippen LogP contribution in [0.15, 0.2) is 24.3 Å². The zero-order valence-corrected chi connectivity index (χ0v) is 27.6. The second kappa shape index (κ2) is 12.2. The van der Waals surface area contributed by atoms with E-state index in [1.807, 2.05) is 24.3 Å². The average Bonchev–Trinajstić information content (AvgIpc) is 3.31. The minimum absolute atomic E-state index is 0.00184. The molecule has 2 aromatic rings. The van der Waals surface area contributed by atoms with Gasteiger partial charge in [0.2, 0.25) is 5.91 Å². The molecule has 0 bridgehead atoms. The van der Waals surface area contributed by atoms with Crippen molar-refractivity contribution in [3.05, 3.63) is 35.7 Å². The number of aromatic nitrogens is 3. The first-order valence-corrected chi connectivity index (χ1v) is 15.1. The van der Waals surface area contributed by atoms with E-state index in [4.69, 9.17) is 4.74 Å². The van der Waals surface area contributed by atoms with Crippen molar-refractivity contribution < 1.29 is 24.2 Å². The first kappa shape index (κ1) is 34.0. The lowest BCUT2D eigenvalue weighted by Crippen LogP contribution is -2.50. The van der Waals surface area contributed by atoms with Gasteiger partial charge in [-0.1, -0.05) is 93.5 Å². The molecule has 0 aliphatic heterocycles. The summed E-state index contributed by atoms with van der Waals surface area (Å²) in [6, 6.07) is 9.27. The molecule has 9 nitrogen and oxygen atoms in total. The number of hydrogen-bond acceptors (Lipinski definition) is 7. The Hall–Kier alpha value is -3.54. The van der Waals surface area contributed by atoms with Crippen molar-refractivity contribution in [2.75, 3.05) is 0 Å². The van der Waals surface area contributed by atoms with Gasteiger partial charge in [0.15, 0.2) is 17.6 Å². The molecule has 1 heterocycles. The lowest BCUT2D eigenvalue weighted by Gasteiger charge is -2.50. The summed E-state index contributed by atoms with van der Waals surface area (Å²) < 4.78 is 7.25. The van der Waals surface area contributed by atoms with Gasteiger partial charge in [-0.15, -0.1) is 5.10 Å². The number of nitriles is 1. The molecule has 0 saturated heterocycles. The third kappa shape index (κ3) is 7.52. The third-order valence-corrected chi connectivity index (χ3v) is 8.79. The van der Waals surface area contributed by atoms with Crippen molar-refractivity contribution in [2.24, 2.45) is 34.5 Å². The monoisotopic (exact) mass is 592 g/mol. The first-order chi connectivity index (χ1) is 19.7. The molecule has 1 saturated carbocycles. The Kier molecular flexibility index (Phi) is 9.65. The highest BCUT2D eigenvalue weighted by molar-refractivity contribution is 5.88. The molecule has 1 N–H and O–H groups in total. The van der Waals surface area contributed by atoms with Gasteiger partial charge in [0.1, 0.15) is 12.0 Å². The first-order valence-electron chi connectivity index (χ1n) is 15.1. The molecule has 9 heteroatoms. The maximum Gasteiger partial charge on any atom is 0.322 e. The highest BCUT2D eigenvalue weighted by atomic mass is 16.5. The summed E-state index contributed by atoms with van der Waals surface area (Å²) >= 11 is 0. The van der Waals surface area contributed by atoms with Gasteiger partial charge < -0.3 is 9.84 Å².